The Hall–Kier alpha value is -0.160. The van der Waals surface area contributed by atoms with Crippen molar-refractivity contribution in [1.82, 2.24) is 10.2 Å². The van der Waals surface area contributed by atoms with Gasteiger partial charge in [-0.1, -0.05) is 13.8 Å². The van der Waals surface area contributed by atoms with E-state index in [4.69, 9.17) is 5.11 Å². The Morgan fingerprint density at radius 2 is 1.93 bits per heavy atom. The number of aliphatic hydroxyl groups is 2. The van der Waals surface area contributed by atoms with Crippen LogP contribution < -0.4 is 5.32 Å². The Morgan fingerprint density at radius 3 is 2.36 bits per heavy atom. The summed E-state index contributed by atoms with van der Waals surface area (Å²) in [6.07, 6.45) is -0.348. The first-order valence-corrected chi connectivity index (χ1v) is 5.02. The van der Waals surface area contributed by atoms with Crippen molar-refractivity contribution in [2.24, 2.45) is 5.41 Å². The molecule has 86 valence electrons. The van der Waals surface area contributed by atoms with E-state index in [1.54, 1.807) is 0 Å². The smallest absolute Gasteiger partial charge is 0.0791 e. The lowest BCUT2D eigenvalue weighted by Crippen LogP contribution is -2.39. The number of nitrogens with one attached hydrogen (secondary N) is 1. The van der Waals surface area contributed by atoms with Crippen LogP contribution in [0.2, 0.25) is 0 Å². The van der Waals surface area contributed by atoms with Crippen LogP contribution in [0.25, 0.3) is 0 Å². The van der Waals surface area contributed by atoms with E-state index >= 15 is 0 Å². The highest BCUT2D eigenvalue weighted by atomic mass is 16.3. The van der Waals surface area contributed by atoms with Crippen molar-refractivity contribution in [3.8, 4) is 0 Å². The second-order valence-electron chi connectivity index (χ2n) is 4.87. The van der Waals surface area contributed by atoms with Gasteiger partial charge in [0.2, 0.25) is 0 Å². The van der Waals surface area contributed by atoms with E-state index < -0.39 is 0 Å². The number of likely N-dealkylation sites (N-methyl/N-ethyl adjacent to an activating group) is 1. The molecule has 0 aromatic rings. The molecule has 0 bridgehead atoms. The number of hydrogen-bond donors (Lipinski definition) is 3. The molecule has 0 amide bonds. The standard InChI is InChI=1S/C10H24N2O2/c1-10(2,8-13)7-11-5-9(14)6-12(3)4/h9,11,13-14H,5-8H2,1-4H3. The van der Waals surface area contributed by atoms with Gasteiger partial charge in [-0.25, -0.2) is 0 Å². The molecular weight excluding hydrogens is 180 g/mol. The Labute approximate surface area is 86.9 Å². The molecule has 4 heteroatoms. The summed E-state index contributed by atoms with van der Waals surface area (Å²) in [5.41, 5.74) is -0.113. The molecule has 4 nitrogen and oxygen atoms in total. The summed E-state index contributed by atoms with van der Waals surface area (Å²) < 4.78 is 0. The van der Waals surface area contributed by atoms with Gasteiger partial charge >= 0.3 is 0 Å². The third kappa shape index (κ3) is 7.26. The van der Waals surface area contributed by atoms with Crippen LogP contribution in [0, 0.1) is 5.41 Å². The van der Waals surface area contributed by atoms with Gasteiger partial charge in [-0.05, 0) is 14.1 Å². The fourth-order valence-electron chi connectivity index (χ4n) is 1.12. The van der Waals surface area contributed by atoms with Gasteiger partial charge in [-0.15, -0.1) is 0 Å². The summed E-state index contributed by atoms with van der Waals surface area (Å²) >= 11 is 0. The normalized spacial score (nSPS) is 14.8. The Morgan fingerprint density at radius 1 is 1.36 bits per heavy atom. The largest absolute Gasteiger partial charge is 0.396 e. The quantitative estimate of drug-likeness (QED) is 0.524. The van der Waals surface area contributed by atoms with Crippen LogP contribution in [0.5, 0.6) is 0 Å². The molecule has 0 spiro atoms. The zero-order chi connectivity index (χ0) is 11.2. The molecule has 0 aliphatic rings. The summed E-state index contributed by atoms with van der Waals surface area (Å²) in [6.45, 7) is 6.07. The molecule has 0 aromatic heterocycles. The summed E-state index contributed by atoms with van der Waals surface area (Å²) in [5.74, 6) is 0. The maximum Gasteiger partial charge on any atom is 0.0791 e. The highest BCUT2D eigenvalue weighted by Crippen LogP contribution is 2.10. The van der Waals surface area contributed by atoms with E-state index in [-0.39, 0.29) is 18.1 Å². The molecule has 0 fully saturated rings. The minimum atomic E-state index is -0.348. The van der Waals surface area contributed by atoms with Gasteiger partial charge in [-0.2, -0.15) is 0 Å². The fourth-order valence-corrected chi connectivity index (χ4v) is 1.12. The lowest BCUT2D eigenvalue weighted by atomic mass is 9.95. The summed E-state index contributed by atoms with van der Waals surface area (Å²) in [6, 6.07) is 0. The maximum atomic E-state index is 9.52. The first-order chi connectivity index (χ1) is 6.37. The van der Waals surface area contributed by atoms with Gasteiger partial charge in [0, 0.05) is 31.7 Å². The third-order valence-corrected chi connectivity index (χ3v) is 1.99. The van der Waals surface area contributed by atoms with Crippen LogP contribution in [-0.4, -0.2) is 61.6 Å². The minimum Gasteiger partial charge on any atom is -0.396 e. The highest BCUT2D eigenvalue weighted by molar-refractivity contribution is 4.71. The highest BCUT2D eigenvalue weighted by Gasteiger charge is 2.16. The van der Waals surface area contributed by atoms with Crippen molar-refractivity contribution in [3.63, 3.8) is 0 Å². The van der Waals surface area contributed by atoms with Crippen LogP contribution in [0.4, 0.5) is 0 Å². The number of hydrogen-bond acceptors (Lipinski definition) is 4. The predicted molar refractivity (Wildman–Crippen MR) is 58.3 cm³/mol. The van der Waals surface area contributed by atoms with Crippen molar-refractivity contribution < 1.29 is 10.2 Å². The van der Waals surface area contributed by atoms with Crippen LogP contribution in [0.3, 0.4) is 0 Å². The third-order valence-electron chi connectivity index (χ3n) is 1.99. The van der Waals surface area contributed by atoms with Gasteiger partial charge in [0.05, 0.1) is 6.10 Å². The van der Waals surface area contributed by atoms with Crippen molar-refractivity contribution in [1.29, 1.82) is 0 Å². The molecule has 0 saturated carbocycles. The topological polar surface area (TPSA) is 55.7 Å². The molecule has 1 atom stereocenters. The van der Waals surface area contributed by atoms with Crippen LogP contribution >= 0.6 is 0 Å². The van der Waals surface area contributed by atoms with E-state index in [2.05, 4.69) is 5.32 Å². The molecular formula is C10H24N2O2. The van der Waals surface area contributed by atoms with E-state index in [0.717, 1.165) is 0 Å². The number of aliphatic hydroxyl groups excluding tert-OH is 2. The zero-order valence-corrected chi connectivity index (χ0v) is 9.75. The first-order valence-electron chi connectivity index (χ1n) is 5.02. The van der Waals surface area contributed by atoms with Gasteiger partial charge in [0.25, 0.3) is 0 Å². The molecule has 0 aromatic carbocycles. The molecule has 1 unspecified atom stereocenters. The second kappa shape index (κ2) is 6.35. The zero-order valence-electron chi connectivity index (χ0n) is 9.75. The monoisotopic (exact) mass is 204 g/mol. The summed E-state index contributed by atoms with van der Waals surface area (Å²) in [5, 5.41) is 21.7. The van der Waals surface area contributed by atoms with Crippen molar-refractivity contribution in [3.05, 3.63) is 0 Å². The van der Waals surface area contributed by atoms with Gasteiger partial charge in [0.1, 0.15) is 0 Å². The molecule has 0 heterocycles. The molecule has 0 aliphatic heterocycles. The molecule has 14 heavy (non-hydrogen) atoms. The van der Waals surface area contributed by atoms with Crippen LogP contribution in [-0.2, 0) is 0 Å². The Kier molecular flexibility index (Phi) is 6.27. The number of rotatable bonds is 7. The Bertz CT molecular complexity index is 149. The van der Waals surface area contributed by atoms with Gasteiger partial charge in [-0.3, -0.25) is 0 Å². The average molecular weight is 204 g/mol. The summed E-state index contributed by atoms with van der Waals surface area (Å²) in [7, 11) is 3.86. The van der Waals surface area contributed by atoms with Crippen LogP contribution in [0.1, 0.15) is 13.8 Å². The SMILES string of the molecule is CN(C)CC(O)CNCC(C)(C)CO. The minimum absolute atomic E-state index is 0.113. The van der Waals surface area contributed by atoms with Crippen molar-refractivity contribution >= 4 is 0 Å². The first kappa shape index (κ1) is 13.8. The lowest BCUT2D eigenvalue weighted by Gasteiger charge is -2.23. The number of nitrogens with zero attached hydrogens (tertiary/aromatic N) is 1. The predicted octanol–water partition coefficient (Wildman–Crippen LogP) is -0.483. The van der Waals surface area contributed by atoms with Gasteiger partial charge < -0.3 is 20.4 Å². The molecule has 0 rings (SSSR count). The van der Waals surface area contributed by atoms with Gasteiger partial charge in [0.15, 0.2) is 0 Å². The van der Waals surface area contributed by atoms with Crippen LogP contribution in [0.15, 0.2) is 0 Å². The van der Waals surface area contributed by atoms with E-state index in [1.807, 2.05) is 32.8 Å². The van der Waals surface area contributed by atoms with E-state index in [0.29, 0.717) is 19.6 Å². The van der Waals surface area contributed by atoms with Crippen molar-refractivity contribution in [2.75, 3.05) is 40.3 Å². The lowest BCUT2D eigenvalue weighted by molar-refractivity contribution is 0.119. The fraction of sp³-hybridized carbons (Fsp3) is 1.00. The molecule has 0 saturated heterocycles. The van der Waals surface area contributed by atoms with E-state index in [1.165, 1.54) is 0 Å². The van der Waals surface area contributed by atoms with Crippen molar-refractivity contribution in [2.45, 2.75) is 20.0 Å². The molecule has 0 aliphatic carbocycles. The second-order valence-corrected chi connectivity index (χ2v) is 4.87. The molecule has 3 N–H and O–H groups in total. The molecule has 0 radical (unpaired) electrons. The average Bonchev–Trinajstić information content (AvgIpc) is 2.02. The summed E-state index contributed by atoms with van der Waals surface area (Å²) in [4.78, 5) is 1.95. The van der Waals surface area contributed by atoms with E-state index in [9.17, 15) is 5.11 Å². The Balaban J connectivity index is 3.53. The maximum absolute atomic E-state index is 9.52.